The molecule has 4 nitrogen and oxygen atoms in total. The fourth-order valence-electron chi connectivity index (χ4n) is 3.64. The Balaban J connectivity index is 1.64. The zero-order chi connectivity index (χ0) is 12.8. The van der Waals surface area contributed by atoms with Gasteiger partial charge in [0.15, 0.2) is 0 Å². The van der Waals surface area contributed by atoms with Crippen molar-refractivity contribution in [1.82, 2.24) is 9.80 Å². The van der Waals surface area contributed by atoms with Crippen molar-refractivity contribution in [3.05, 3.63) is 29.3 Å². The maximum Gasteiger partial charge on any atom is 0.128 e. The van der Waals surface area contributed by atoms with Crippen molar-refractivity contribution >= 4 is 0 Å². The van der Waals surface area contributed by atoms with Crippen molar-refractivity contribution in [3.8, 4) is 5.75 Å². The van der Waals surface area contributed by atoms with Crippen molar-refractivity contribution in [2.24, 2.45) is 0 Å². The van der Waals surface area contributed by atoms with Gasteiger partial charge >= 0.3 is 0 Å². The number of hydrogen-bond donors (Lipinski definition) is 1. The van der Waals surface area contributed by atoms with Gasteiger partial charge in [0.05, 0.1) is 18.8 Å². The lowest BCUT2D eigenvalue weighted by molar-refractivity contribution is -0.0475. The molecule has 102 valence electrons. The van der Waals surface area contributed by atoms with E-state index in [1.165, 1.54) is 5.56 Å². The highest BCUT2D eigenvalue weighted by Crippen LogP contribution is 2.37. The lowest BCUT2D eigenvalue weighted by Gasteiger charge is -2.49. The van der Waals surface area contributed by atoms with Crippen LogP contribution in [-0.4, -0.2) is 60.3 Å². The second-order valence-corrected chi connectivity index (χ2v) is 5.78. The lowest BCUT2D eigenvalue weighted by Crippen LogP contribution is -2.62. The van der Waals surface area contributed by atoms with E-state index < -0.39 is 6.10 Å². The first-order valence-electron chi connectivity index (χ1n) is 7.22. The highest BCUT2D eigenvalue weighted by Gasteiger charge is 2.38. The molecule has 3 fully saturated rings. The number of rotatable bonds is 2. The van der Waals surface area contributed by atoms with Crippen LogP contribution in [-0.2, 0) is 6.42 Å². The number of benzene rings is 1. The van der Waals surface area contributed by atoms with Gasteiger partial charge in [-0.1, -0.05) is 18.2 Å². The Morgan fingerprint density at radius 3 is 2.79 bits per heavy atom. The summed E-state index contributed by atoms with van der Waals surface area (Å²) in [6.07, 6.45) is 0.535. The van der Waals surface area contributed by atoms with Crippen molar-refractivity contribution in [3.63, 3.8) is 0 Å². The SMILES string of the molecule is OC(c1cccc2c1OCC2)C1CN2CCN1CC2. The minimum absolute atomic E-state index is 0.221. The molecule has 2 unspecified atom stereocenters. The van der Waals surface area contributed by atoms with Gasteiger partial charge in [-0.15, -0.1) is 0 Å². The molecule has 5 rings (SSSR count). The number of ether oxygens (including phenoxy) is 1. The number of para-hydroxylation sites is 1. The van der Waals surface area contributed by atoms with Crippen molar-refractivity contribution in [2.75, 3.05) is 39.3 Å². The van der Waals surface area contributed by atoms with E-state index in [4.69, 9.17) is 4.74 Å². The Hall–Kier alpha value is -1.10. The summed E-state index contributed by atoms with van der Waals surface area (Å²) in [5.41, 5.74) is 2.22. The van der Waals surface area contributed by atoms with Gasteiger partial charge in [-0.3, -0.25) is 9.80 Å². The molecule has 2 bridgehead atoms. The van der Waals surface area contributed by atoms with E-state index >= 15 is 0 Å². The Labute approximate surface area is 113 Å². The van der Waals surface area contributed by atoms with Crippen LogP contribution in [0.15, 0.2) is 18.2 Å². The summed E-state index contributed by atoms with van der Waals surface area (Å²) < 4.78 is 5.73. The summed E-state index contributed by atoms with van der Waals surface area (Å²) in [6.45, 7) is 6.18. The van der Waals surface area contributed by atoms with Gasteiger partial charge in [0.1, 0.15) is 5.75 Å². The zero-order valence-corrected chi connectivity index (χ0v) is 11.1. The van der Waals surface area contributed by atoms with Crippen LogP contribution in [0.3, 0.4) is 0 Å². The van der Waals surface area contributed by atoms with Gasteiger partial charge in [-0.05, 0) is 5.56 Å². The van der Waals surface area contributed by atoms with Crippen LogP contribution in [0, 0.1) is 0 Å². The van der Waals surface area contributed by atoms with Crippen LogP contribution >= 0.6 is 0 Å². The highest BCUT2D eigenvalue weighted by atomic mass is 16.5. The number of aliphatic hydroxyl groups excluding tert-OH is 1. The Kier molecular flexibility index (Phi) is 2.76. The number of hydrogen-bond acceptors (Lipinski definition) is 4. The lowest BCUT2D eigenvalue weighted by atomic mass is 9.94. The van der Waals surface area contributed by atoms with Gasteiger partial charge in [0, 0.05) is 44.7 Å². The maximum absolute atomic E-state index is 10.8. The molecule has 4 aliphatic heterocycles. The largest absolute Gasteiger partial charge is 0.493 e. The predicted octanol–water partition coefficient (Wildman–Crippen LogP) is 0.655. The molecule has 3 saturated heterocycles. The minimum atomic E-state index is -0.434. The summed E-state index contributed by atoms with van der Waals surface area (Å²) in [5.74, 6) is 0.938. The van der Waals surface area contributed by atoms with E-state index in [9.17, 15) is 5.11 Å². The Morgan fingerprint density at radius 1 is 1.21 bits per heavy atom. The molecular formula is C15H20N2O2. The topological polar surface area (TPSA) is 35.9 Å². The molecule has 0 spiro atoms. The first-order valence-corrected chi connectivity index (χ1v) is 7.22. The number of fused-ring (bicyclic) bond motifs is 4. The normalized spacial score (nSPS) is 33.8. The molecule has 1 N–H and O–H groups in total. The van der Waals surface area contributed by atoms with Crippen LogP contribution in [0.1, 0.15) is 17.2 Å². The van der Waals surface area contributed by atoms with Crippen LogP contribution in [0.25, 0.3) is 0 Å². The molecule has 0 aromatic heterocycles. The molecule has 0 radical (unpaired) electrons. The minimum Gasteiger partial charge on any atom is -0.493 e. The van der Waals surface area contributed by atoms with E-state index in [0.717, 1.165) is 57.1 Å². The van der Waals surface area contributed by atoms with Crippen LogP contribution in [0.2, 0.25) is 0 Å². The van der Waals surface area contributed by atoms with Crippen molar-refractivity contribution in [2.45, 2.75) is 18.6 Å². The van der Waals surface area contributed by atoms with Crippen LogP contribution < -0.4 is 4.74 Å². The standard InChI is InChI=1S/C15H20N2O2/c18-14(13-10-16-5-7-17(13)8-6-16)12-3-1-2-11-4-9-19-15(11)12/h1-3,13-14,18H,4-10H2. The average Bonchev–Trinajstić information content (AvgIpc) is 2.96. The second-order valence-electron chi connectivity index (χ2n) is 5.78. The Bertz CT molecular complexity index is 483. The molecule has 4 heterocycles. The molecule has 0 amide bonds. The second kappa shape index (κ2) is 4.47. The molecule has 19 heavy (non-hydrogen) atoms. The van der Waals surface area contributed by atoms with Gasteiger partial charge in [0.2, 0.25) is 0 Å². The van der Waals surface area contributed by atoms with Crippen LogP contribution in [0.4, 0.5) is 0 Å². The van der Waals surface area contributed by atoms with Gasteiger partial charge in [0.25, 0.3) is 0 Å². The summed E-state index contributed by atoms with van der Waals surface area (Å²) in [5, 5.41) is 10.8. The molecule has 4 heteroatoms. The van der Waals surface area contributed by atoms with E-state index in [0.29, 0.717) is 0 Å². The van der Waals surface area contributed by atoms with Crippen molar-refractivity contribution in [1.29, 1.82) is 0 Å². The van der Waals surface area contributed by atoms with E-state index in [-0.39, 0.29) is 6.04 Å². The fourth-order valence-corrected chi connectivity index (χ4v) is 3.64. The zero-order valence-electron chi connectivity index (χ0n) is 11.1. The number of piperazine rings is 3. The molecule has 1 aromatic carbocycles. The fraction of sp³-hybridized carbons (Fsp3) is 0.600. The summed E-state index contributed by atoms with van der Waals surface area (Å²) in [4.78, 5) is 4.89. The van der Waals surface area contributed by atoms with Gasteiger partial charge in [-0.2, -0.15) is 0 Å². The monoisotopic (exact) mass is 260 g/mol. The summed E-state index contributed by atoms with van der Waals surface area (Å²) in [7, 11) is 0. The quantitative estimate of drug-likeness (QED) is 0.847. The third-order valence-electron chi connectivity index (χ3n) is 4.75. The Morgan fingerprint density at radius 2 is 2.05 bits per heavy atom. The predicted molar refractivity (Wildman–Crippen MR) is 72.4 cm³/mol. The molecule has 4 aliphatic rings. The summed E-state index contributed by atoms with van der Waals surface area (Å²) >= 11 is 0. The summed E-state index contributed by atoms with van der Waals surface area (Å²) in [6, 6.07) is 6.39. The number of aliphatic hydroxyl groups is 1. The first kappa shape index (κ1) is 11.7. The molecular weight excluding hydrogens is 240 g/mol. The third-order valence-corrected chi connectivity index (χ3v) is 4.75. The highest BCUT2D eigenvalue weighted by molar-refractivity contribution is 5.45. The first-order chi connectivity index (χ1) is 9.33. The van der Waals surface area contributed by atoms with E-state index in [2.05, 4.69) is 15.9 Å². The van der Waals surface area contributed by atoms with E-state index in [1.54, 1.807) is 0 Å². The van der Waals surface area contributed by atoms with Gasteiger partial charge < -0.3 is 9.84 Å². The van der Waals surface area contributed by atoms with E-state index in [1.807, 2.05) is 12.1 Å². The average molecular weight is 260 g/mol. The molecule has 2 atom stereocenters. The molecule has 0 aliphatic carbocycles. The van der Waals surface area contributed by atoms with Gasteiger partial charge in [-0.25, -0.2) is 0 Å². The van der Waals surface area contributed by atoms with Crippen LogP contribution in [0.5, 0.6) is 5.75 Å². The smallest absolute Gasteiger partial charge is 0.128 e. The van der Waals surface area contributed by atoms with Crippen molar-refractivity contribution < 1.29 is 9.84 Å². The maximum atomic E-state index is 10.8. The third kappa shape index (κ3) is 1.86. The molecule has 0 saturated carbocycles. The molecule has 1 aromatic rings. The number of nitrogens with zero attached hydrogens (tertiary/aromatic N) is 2.